The summed E-state index contributed by atoms with van der Waals surface area (Å²) in [6.07, 6.45) is 11.7. The molecule has 41 heavy (non-hydrogen) atoms. The van der Waals surface area contributed by atoms with Gasteiger partial charge in [0.25, 0.3) is 0 Å². The van der Waals surface area contributed by atoms with Crippen molar-refractivity contribution in [1.29, 1.82) is 0 Å². The zero-order valence-electron chi connectivity index (χ0n) is 25.4. The van der Waals surface area contributed by atoms with Crippen LogP contribution >= 0.6 is 102 Å². The summed E-state index contributed by atoms with van der Waals surface area (Å²) in [5.74, 6) is 0. The molecule has 2 bridgehead atoms. The topological polar surface area (TPSA) is 78.7 Å². The highest BCUT2D eigenvalue weighted by Gasteiger charge is 2.06. The van der Waals surface area contributed by atoms with Gasteiger partial charge in [0.1, 0.15) is 0 Å². The molecule has 0 unspecified atom stereocenters. The van der Waals surface area contributed by atoms with Gasteiger partial charge in [-0.15, -0.1) is 102 Å². The van der Waals surface area contributed by atoms with E-state index in [0.29, 0.717) is 0 Å². The monoisotopic (exact) mass is 976 g/mol. The summed E-state index contributed by atoms with van der Waals surface area (Å²) in [7, 11) is 0. The third kappa shape index (κ3) is 35.3. The van der Waals surface area contributed by atoms with Gasteiger partial charge in [0.05, 0.1) is 0 Å². The van der Waals surface area contributed by atoms with Crippen LogP contribution in [0.2, 0.25) is 0 Å². The molecule has 0 aromatic heterocycles. The predicted octanol–water partition coefficient (Wildman–Crippen LogP) is 4.13. The van der Waals surface area contributed by atoms with Gasteiger partial charge in [0.2, 0.25) is 0 Å². The SMILES string of the molecule is Br.Br.Br.Br.Br.Br.C1CCNCCN2CCNCCCCCNCCN(CCNCC1)CCNCCCCCNCC2. The second kappa shape index (κ2) is 42.6. The van der Waals surface area contributed by atoms with Crippen LogP contribution in [0, 0.1) is 0 Å². The van der Waals surface area contributed by atoms with Crippen molar-refractivity contribution in [3.8, 4) is 0 Å². The Kier molecular flexibility index (Phi) is 55.1. The fourth-order valence-corrected chi connectivity index (χ4v) is 4.87. The molecule has 0 aromatic carbocycles. The Morgan fingerprint density at radius 1 is 0.220 bits per heavy atom. The van der Waals surface area contributed by atoms with Crippen molar-refractivity contribution in [2.75, 3.05) is 118 Å². The quantitative estimate of drug-likeness (QED) is 0.217. The van der Waals surface area contributed by atoms with Crippen molar-refractivity contribution in [1.82, 2.24) is 41.7 Å². The molecule has 3 aliphatic heterocycles. The van der Waals surface area contributed by atoms with Crippen LogP contribution in [0.4, 0.5) is 0 Å². The van der Waals surface area contributed by atoms with Crippen LogP contribution < -0.4 is 31.9 Å². The van der Waals surface area contributed by atoms with Gasteiger partial charge in [-0.3, -0.25) is 9.80 Å². The summed E-state index contributed by atoms with van der Waals surface area (Å²) in [6.45, 7) is 20.4. The molecule has 0 atom stereocenters. The molecule has 3 saturated heterocycles. The first kappa shape index (κ1) is 53.1. The normalized spacial score (nSPS) is 24.6. The number of rotatable bonds is 0. The van der Waals surface area contributed by atoms with Crippen LogP contribution in [0.5, 0.6) is 0 Å². The van der Waals surface area contributed by atoms with Crippen molar-refractivity contribution < 1.29 is 0 Å². The first-order chi connectivity index (χ1) is 17.4. The highest BCUT2D eigenvalue weighted by Crippen LogP contribution is 1.96. The van der Waals surface area contributed by atoms with Gasteiger partial charge in [-0.05, 0) is 77.8 Å². The zero-order chi connectivity index (χ0) is 24.5. The fourth-order valence-electron chi connectivity index (χ4n) is 4.87. The maximum Gasteiger partial charge on any atom is 0.0108 e. The number of nitrogens with one attached hydrogen (secondary N) is 6. The molecule has 0 amide bonds. The lowest BCUT2D eigenvalue weighted by Crippen LogP contribution is -2.41. The molecule has 0 aromatic rings. The van der Waals surface area contributed by atoms with Crippen LogP contribution in [-0.2, 0) is 0 Å². The van der Waals surface area contributed by atoms with Gasteiger partial charge in [-0.25, -0.2) is 0 Å². The summed E-state index contributed by atoms with van der Waals surface area (Å²) >= 11 is 0. The van der Waals surface area contributed by atoms with Gasteiger partial charge in [0, 0.05) is 78.5 Å². The lowest BCUT2D eigenvalue weighted by molar-refractivity contribution is 0.268. The molecule has 0 aliphatic carbocycles. The van der Waals surface area contributed by atoms with Crippen LogP contribution in [0.1, 0.15) is 57.8 Å². The van der Waals surface area contributed by atoms with Crippen LogP contribution in [0.15, 0.2) is 0 Å². The molecule has 3 fully saturated rings. The van der Waals surface area contributed by atoms with Crippen LogP contribution in [-0.4, -0.2) is 128 Å². The van der Waals surface area contributed by atoms with E-state index < -0.39 is 0 Å². The van der Waals surface area contributed by atoms with Crippen LogP contribution in [0.25, 0.3) is 0 Å². The van der Waals surface area contributed by atoms with Gasteiger partial charge in [-0.1, -0.05) is 19.3 Å². The maximum absolute atomic E-state index is 3.69. The zero-order valence-corrected chi connectivity index (χ0v) is 35.7. The minimum atomic E-state index is 0. The Morgan fingerprint density at radius 3 is 0.561 bits per heavy atom. The Bertz CT molecular complexity index is 366. The second-order valence-electron chi connectivity index (χ2n) is 10.4. The van der Waals surface area contributed by atoms with Crippen LogP contribution in [0.3, 0.4) is 0 Å². The molecule has 256 valence electrons. The minimum Gasteiger partial charge on any atom is -0.315 e. The molecule has 3 heterocycles. The molecule has 0 spiro atoms. The predicted molar refractivity (Wildman–Crippen MR) is 214 cm³/mol. The number of hydrogen-bond acceptors (Lipinski definition) is 8. The lowest BCUT2D eigenvalue weighted by atomic mass is 10.2. The molecule has 8 nitrogen and oxygen atoms in total. The maximum atomic E-state index is 3.69. The van der Waals surface area contributed by atoms with E-state index in [1.165, 1.54) is 57.8 Å². The van der Waals surface area contributed by atoms with Gasteiger partial charge in [0.15, 0.2) is 0 Å². The van der Waals surface area contributed by atoms with Gasteiger partial charge < -0.3 is 31.9 Å². The molecule has 0 saturated carbocycles. The van der Waals surface area contributed by atoms with E-state index in [-0.39, 0.29) is 102 Å². The number of nitrogens with zero attached hydrogens (tertiary/aromatic N) is 2. The Labute approximate surface area is 316 Å². The first-order valence-corrected chi connectivity index (χ1v) is 15.1. The molecule has 14 heteroatoms. The summed E-state index contributed by atoms with van der Waals surface area (Å²) in [6, 6.07) is 0. The summed E-state index contributed by atoms with van der Waals surface area (Å²) in [4.78, 5) is 5.26. The summed E-state index contributed by atoms with van der Waals surface area (Å²) in [5.41, 5.74) is 0. The Balaban J connectivity index is -0.000000720. The highest BCUT2D eigenvalue weighted by molar-refractivity contribution is 8.93. The van der Waals surface area contributed by atoms with E-state index >= 15 is 0 Å². The van der Waals surface area contributed by atoms with E-state index in [1.54, 1.807) is 0 Å². The number of fused-ring (bicyclic) bond motifs is 30. The fraction of sp³-hybridized carbons (Fsp3) is 1.00. The summed E-state index contributed by atoms with van der Waals surface area (Å²) < 4.78 is 0. The number of halogens is 6. The molecule has 0 radical (unpaired) electrons. The third-order valence-electron chi connectivity index (χ3n) is 7.25. The first-order valence-electron chi connectivity index (χ1n) is 15.1. The van der Waals surface area contributed by atoms with Gasteiger partial charge in [-0.2, -0.15) is 0 Å². The molecule has 3 aliphatic rings. The van der Waals surface area contributed by atoms with Crippen molar-refractivity contribution in [2.24, 2.45) is 0 Å². The van der Waals surface area contributed by atoms with E-state index in [4.69, 9.17) is 0 Å². The van der Waals surface area contributed by atoms with E-state index in [1.807, 2.05) is 0 Å². The van der Waals surface area contributed by atoms with Crippen molar-refractivity contribution >= 4 is 102 Å². The average Bonchev–Trinajstić information content (AvgIpc) is 2.86. The number of hydrogen-bond donors (Lipinski definition) is 6. The lowest BCUT2D eigenvalue weighted by Gasteiger charge is -2.24. The van der Waals surface area contributed by atoms with E-state index in [9.17, 15) is 0 Å². The second-order valence-corrected chi connectivity index (χ2v) is 10.4. The highest BCUT2D eigenvalue weighted by atomic mass is 79.9. The molecular formula is C27H66Br6N8. The largest absolute Gasteiger partial charge is 0.315 e. The minimum absolute atomic E-state index is 0. The summed E-state index contributed by atoms with van der Waals surface area (Å²) in [5, 5.41) is 22.1. The standard InChI is InChI=1S/C27H60N8.6BrH/c1-4-10-28-16-22-34-24-18-30-12-6-2-7-13-31-19-25-35(23-17-29-11-5-1)27-21-33-15-9-3-8-14-32-20-26-34;;;;;;/h28-33H,1-27H2;6*1H. The van der Waals surface area contributed by atoms with E-state index in [0.717, 1.165) is 118 Å². The van der Waals surface area contributed by atoms with Crippen molar-refractivity contribution in [2.45, 2.75) is 57.8 Å². The molecule has 3 rings (SSSR count). The average molecular weight is 982 g/mol. The third-order valence-corrected chi connectivity index (χ3v) is 7.25. The Hall–Kier alpha value is 2.56. The Morgan fingerprint density at radius 2 is 0.390 bits per heavy atom. The van der Waals surface area contributed by atoms with E-state index in [2.05, 4.69) is 41.7 Å². The molecule has 6 N–H and O–H groups in total. The van der Waals surface area contributed by atoms with Crippen molar-refractivity contribution in [3.63, 3.8) is 0 Å². The molecular weight excluding hydrogens is 916 g/mol. The van der Waals surface area contributed by atoms with Gasteiger partial charge >= 0.3 is 0 Å². The smallest absolute Gasteiger partial charge is 0.0108 e. The van der Waals surface area contributed by atoms with Crippen molar-refractivity contribution in [3.05, 3.63) is 0 Å².